The van der Waals surface area contributed by atoms with Crippen molar-refractivity contribution in [2.75, 3.05) is 27.6 Å². The van der Waals surface area contributed by atoms with Crippen LogP contribution >= 0.6 is 34.8 Å². The minimum atomic E-state index is -3.73. The van der Waals surface area contributed by atoms with Gasteiger partial charge in [0.1, 0.15) is 40.6 Å². The number of aryl methyl sites for hydroxylation is 12. The zero-order valence-corrected chi connectivity index (χ0v) is 59.3. The van der Waals surface area contributed by atoms with Crippen LogP contribution < -0.4 is 30.9 Å². The fraction of sp³-hybridized carbons (Fsp3) is 0.253. The van der Waals surface area contributed by atoms with Crippen LogP contribution in [-0.4, -0.2) is 65.2 Å². The Morgan fingerprint density at radius 3 is 1.18 bits per heavy atom. The van der Waals surface area contributed by atoms with E-state index in [0.717, 1.165) is 84.0 Å². The number of ether oxygens (including phenoxy) is 3. The fourth-order valence-corrected chi connectivity index (χ4v) is 12.9. The van der Waals surface area contributed by atoms with Crippen molar-refractivity contribution in [3.63, 3.8) is 0 Å². The Balaban J connectivity index is 0.000000161. The van der Waals surface area contributed by atoms with Gasteiger partial charge >= 0.3 is 0 Å². The van der Waals surface area contributed by atoms with Crippen molar-refractivity contribution >= 4 is 77.6 Å². The molecule has 6 aromatic carbocycles. The highest BCUT2D eigenvalue weighted by Gasteiger charge is 2.25. The molecule has 0 saturated carbocycles. The largest absolute Gasteiger partial charge is 0.496 e. The number of hydrogen-bond donors (Lipinski definition) is 0. The minimum Gasteiger partial charge on any atom is -0.496 e. The van der Waals surface area contributed by atoms with Crippen molar-refractivity contribution in [3.05, 3.63) is 241 Å². The maximum absolute atomic E-state index is 13.4. The summed E-state index contributed by atoms with van der Waals surface area (Å²) in [6.45, 7) is 13.7. The number of methoxy groups -OCH3 is 3. The number of fused-ring (bicyclic) bond motifs is 3. The van der Waals surface area contributed by atoms with Crippen LogP contribution in [0.15, 0.2) is 149 Å². The zero-order chi connectivity index (χ0) is 71.1. The predicted molar refractivity (Wildman–Crippen MR) is 383 cm³/mol. The van der Waals surface area contributed by atoms with E-state index in [9.17, 15) is 33.3 Å². The van der Waals surface area contributed by atoms with Gasteiger partial charge in [-0.2, -0.15) is 18.9 Å². The molecule has 0 amide bonds. The summed E-state index contributed by atoms with van der Waals surface area (Å²) in [5.41, 5.74) is 13.0. The first-order valence-electron chi connectivity index (χ1n) is 31.2. The number of hydrogen-bond acceptors (Lipinski definition) is 17. The molecule has 0 aliphatic carbocycles. The van der Waals surface area contributed by atoms with Crippen LogP contribution in [0.1, 0.15) is 73.3 Å². The Labute approximate surface area is 585 Å². The molecule has 0 aliphatic heterocycles. The van der Waals surface area contributed by atoms with Crippen LogP contribution in [0.2, 0.25) is 15.1 Å². The molecular formula is C75H69Cl3N8O12S. The summed E-state index contributed by atoms with van der Waals surface area (Å²) in [5, 5.41) is 35.5. The summed E-state index contributed by atoms with van der Waals surface area (Å²) < 4.78 is 66.3. The summed E-state index contributed by atoms with van der Waals surface area (Å²) in [6.07, 6.45) is 2.86. The first kappa shape index (κ1) is 71.5. The second-order valence-electron chi connectivity index (χ2n) is 23.6. The molecule has 0 atom stereocenters. The molecule has 0 saturated heterocycles. The quantitative estimate of drug-likeness (QED) is 0.0681. The average molecular weight is 1410 g/mol. The molecule has 12 rings (SSSR count). The molecule has 508 valence electrons. The van der Waals surface area contributed by atoms with Crippen LogP contribution in [0.3, 0.4) is 0 Å². The summed E-state index contributed by atoms with van der Waals surface area (Å²) in [5.74, 6) is 3.75. The van der Waals surface area contributed by atoms with Gasteiger partial charge in [0, 0.05) is 91.7 Å². The van der Waals surface area contributed by atoms with E-state index in [0.29, 0.717) is 127 Å². The molecule has 0 fully saturated rings. The van der Waals surface area contributed by atoms with Crippen LogP contribution in [0.25, 0.3) is 66.1 Å². The molecule has 12 aromatic rings. The molecule has 0 radical (unpaired) electrons. The number of nitriles is 2. The van der Waals surface area contributed by atoms with Crippen molar-refractivity contribution in [2.45, 2.75) is 100 Å². The summed E-state index contributed by atoms with van der Waals surface area (Å²) in [6, 6.07) is 41.6. The minimum absolute atomic E-state index is 0.0440. The average Bonchev–Trinajstić information content (AvgIpc) is 1.63. The number of benzene rings is 6. The second-order valence-corrected chi connectivity index (χ2v) is 26.6. The van der Waals surface area contributed by atoms with E-state index in [4.69, 9.17) is 66.8 Å². The predicted octanol–water partition coefficient (Wildman–Crippen LogP) is 15.3. The number of halogens is 3. The molecule has 0 spiro atoms. The molecule has 6 heterocycles. The van der Waals surface area contributed by atoms with Gasteiger partial charge < -0.3 is 41.5 Å². The van der Waals surface area contributed by atoms with E-state index in [1.807, 2.05) is 133 Å². The Morgan fingerprint density at radius 1 is 0.485 bits per heavy atom. The highest BCUT2D eigenvalue weighted by molar-refractivity contribution is 7.85. The summed E-state index contributed by atoms with van der Waals surface area (Å²) >= 11 is 18.0. The van der Waals surface area contributed by atoms with Gasteiger partial charge in [-0.15, -0.1) is 0 Å². The molecule has 99 heavy (non-hydrogen) atoms. The van der Waals surface area contributed by atoms with E-state index in [2.05, 4.69) is 27.6 Å². The Morgan fingerprint density at radius 2 is 0.838 bits per heavy atom. The first-order valence-corrected chi connectivity index (χ1v) is 34.2. The van der Waals surface area contributed by atoms with Gasteiger partial charge in [0.05, 0.1) is 103 Å². The highest BCUT2D eigenvalue weighted by atomic mass is 35.5. The Kier molecular flexibility index (Phi) is 22.1. The monoisotopic (exact) mass is 1410 g/mol. The van der Waals surface area contributed by atoms with Gasteiger partial charge in [0.25, 0.3) is 26.8 Å². The number of pyridine rings is 3. The summed E-state index contributed by atoms with van der Waals surface area (Å²) in [4.78, 5) is 39.8. The van der Waals surface area contributed by atoms with E-state index in [1.165, 1.54) is 0 Å². The lowest BCUT2D eigenvalue weighted by molar-refractivity contribution is 0.309. The third-order valence-electron chi connectivity index (χ3n) is 17.1. The third-order valence-corrected chi connectivity index (χ3v) is 18.4. The van der Waals surface area contributed by atoms with Gasteiger partial charge in [0.15, 0.2) is 0 Å². The lowest BCUT2D eigenvalue weighted by Crippen LogP contribution is -2.26. The lowest BCUT2D eigenvalue weighted by atomic mass is 9.97. The second kappa shape index (κ2) is 30.7. The van der Waals surface area contributed by atoms with Gasteiger partial charge in [-0.05, 0) is 162 Å². The van der Waals surface area contributed by atoms with Crippen molar-refractivity contribution in [3.8, 4) is 62.8 Å². The highest BCUT2D eigenvalue weighted by Crippen LogP contribution is 2.41. The van der Waals surface area contributed by atoms with Crippen molar-refractivity contribution in [1.82, 2.24) is 29.2 Å². The van der Waals surface area contributed by atoms with E-state index < -0.39 is 10.1 Å². The van der Waals surface area contributed by atoms with E-state index in [1.54, 1.807) is 72.3 Å². The molecule has 0 unspecified atom stereocenters. The number of nitrogens with zero attached hydrogens (tertiary/aromatic N) is 8. The van der Waals surface area contributed by atoms with Crippen molar-refractivity contribution in [2.24, 2.45) is 0 Å². The molecule has 20 nitrogen and oxygen atoms in total. The Hall–Kier alpha value is -10.3. The number of rotatable bonds is 19. The maximum atomic E-state index is 13.4. The van der Waals surface area contributed by atoms with Crippen molar-refractivity contribution < 1.29 is 40.4 Å². The topological polar surface area (TPSA) is 263 Å². The maximum Gasteiger partial charge on any atom is 0.264 e. The molecule has 6 aromatic heterocycles. The van der Waals surface area contributed by atoms with Crippen LogP contribution in [0, 0.1) is 71.1 Å². The van der Waals surface area contributed by atoms with E-state index in [-0.39, 0.29) is 35.3 Å². The van der Waals surface area contributed by atoms with Gasteiger partial charge in [-0.3, -0.25) is 18.6 Å². The summed E-state index contributed by atoms with van der Waals surface area (Å²) in [7, 11) is 1.01. The molecular weight excluding hydrogens is 1340 g/mol. The lowest BCUT2D eigenvalue weighted by Gasteiger charge is -2.17. The smallest absolute Gasteiger partial charge is 0.264 e. The van der Waals surface area contributed by atoms with Crippen LogP contribution in [-0.2, 0) is 66.2 Å². The standard InChI is InChI=1S/2C25H22ClN3O3.C25H25ClN2O6S/c1-14-21(13-27)19-11-20(24-15(2)28-32-16(24)3)23(31-4)12-22(19)29(25(14)30)10-9-17-5-7-18(26)8-6-17;1-15-24(16(2)32-28-15)21-13-19-12-18(8-10-27)25(30)29(22(19)14-23(21)31-3)11-9-17-4-6-20(26)7-5-17;1-15-24(16(2)34-27-15)21-12-18-11-19(14-33-35(4,30)31)25(29)28(22(18)13-23(21)32-3)10-9-17-5-7-20(26)8-6-17/h5-8,11-12H,9-10H2,1-4H3;4-7,12-14H,8-9,11H2,1-3H3;5-8,11-13H,9-10,14H2,1-4H3. The van der Waals surface area contributed by atoms with Gasteiger partial charge in [-0.25, -0.2) is 0 Å². The molecule has 24 heteroatoms. The fourth-order valence-electron chi connectivity index (χ4n) is 12.2. The van der Waals surface area contributed by atoms with Gasteiger partial charge in [-0.1, -0.05) is 86.7 Å². The Bertz CT molecular complexity index is 5390. The molecule has 0 aliphatic rings. The van der Waals surface area contributed by atoms with Crippen molar-refractivity contribution in [1.29, 1.82) is 10.5 Å². The van der Waals surface area contributed by atoms with Crippen LogP contribution in [0.5, 0.6) is 17.2 Å². The van der Waals surface area contributed by atoms with E-state index >= 15 is 0 Å². The number of aromatic nitrogens is 6. The normalized spacial score (nSPS) is 11.3. The van der Waals surface area contributed by atoms with Crippen LogP contribution in [0.4, 0.5) is 0 Å². The van der Waals surface area contributed by atoms with Gasteiger partial charge in [0.2, 0.25) is 0 Å². The molecule has 0 bridgehead atoms. The third kappa shape index (κ3) is 15.7. The SMILES string of the molecule is COc1cc2c(cc1-c1c(C)noc1C)c(C#N)c(C)c(=O)n2CCc1ccc(Cl)cc1.COc1cc2c(cc1-c1c(C)noc1C)cc(CC#N)c(=O)n2CCc1ccc(Cl)cc1.COc1cc2c(cc1-c1c(C)noc1C)cc(COS(C)(=O)=O)c(=O)n2CCc1ccc(Cl)cc1. The zero-order valence-electron chi connectivity index (χ0n) is 56.2. The first-order chi connectivity index (χ1) is 47.3. The molecule has 0 N–H and O–H groups in total.